The molecule has 0 aromatic heterocycles. The third kappa shape index (κ3) is 10.3. The van der Waals surface area contributed by atoms with Crippen molar-refractivity contribution < 1.29 is 23.3 Å². The summed E-state index contributed by atoms with van der Waals surface area (Å²) in [5.41, 5.74) is 2.87. The Morgan fingerprint density at radius 3 is 2.24 bits per heavy atom. The molecule has 0 bridgehead atoms. The first-order valence-corrected chi connectivity index (χ1v) is 10.3. The summed E-state index contributed by atoms with van der Waals surface area (Å²) in [5, 5.41) is 0. The van der Waals surface area contributed by atoms with Gasteiger partial charge >= 0.3 is 30.2 Å². The standard InChI is InChI=1S/C11H11.2CH3.2ClH.H2Si.Zr/c1-2-6-10(5-1)9-11-7-3-4-8-11;;;;;;/h1-3,5,7H,4,6,9H2;2*1H3;2*1H;1H2;/q3*-1;;;;. The molecule has 98 valence electrons. The van der Waals surface area contributed by atoms with Crippen LogP contribution in [0, 0.1) is 20.9 Å². The number of halogens is 2. The Morgan fingerprint density at radius 1 is 1.18 bits per heavy atom. The molecule has 0 spiro atoms. The van der Waals surface area contributed by atoms with Gasteiger partial charge in [-0.2, -0.15) is 6.08 Å². The van der Waals surface area contributed by atoms with Crippen molar-refractivity contribution in [1.29, 1.82) is 0 Å². The summed E-state index contributed by atoms with van der Waals surface area (Å²) in [7, 11) is 0. The van der Waals surface area contributed by atoms with Gasteiger partial charge in [-0.1, -0.05) is 23.8 Å². The zero-order valence-corrected chi connectivity index (χ0v) is 16.0. The third-order valence-electron chi connectivity index (χ3n) is 2.03. The Kier molecular flexibility index (Phi) is 25.7. The summed E-state index contributed by atoms with van der Waals surface area (Å²) >= 11 is 1.58. The van der Waals surface area contributed by atoms with Crippen molar-refractivity contribution in [2.45, 2.75) is 19.3 Å². The Hall–Kier alpha value is 0.640. The molecule has 17 heavy (non-hydrogen) atoms. The molecule has 0 fully saturated rings. The van der Waals surface area contributed by atoms with E-state index in [9.17, 15) is 0 Å². The molecule has 0 unspecified atom stereocenters. The number of hydrogen-bond donors (Lipinski definition) is 0. The van der Waals surface area contributed by atoms with Crippen molar-refractivity contribution >= 4 is 31.7 Å². The predicted octanol–water partition coefficient (Wildman–Crippen LogP) is 3.78. The second-order valence-electron chi connectivity index (χ2n) is 2.94. The minimum absolute atomic E-state index is 0. The summed E-state index contributed by atoms with van der Waals surface area (Å²) in [5.74, 6) is 0. The van der Waals surface area contributed by atoms with Gasteiger partial charge in [-0.3, -0.25) is 6.08 Å². The fraction of sp³-hybridized carbons (Fsp3) is 0.231. The second-order valence-corrected chi connectivity index (χ2v) is 2.94. The molecule has 0 radical (unpaired) electrons. The molecule has 2 aliphatic carbocycles. The van der Waals surface area contributed by atoms with Gasteiger partial charge in [-0.05, 0) is 12.8 Å². The first-order chi connectivity index (χ1) is 6.45. The van der Waals surface area contributed by atoms with Crippen LogP contribution >= 0.6 is 24.8 Å². The van der Waals surface area contributed by atoms with Gasteiger partial charge < -0.3 is 14.9 Å². The van der Waals surface area contributed by atoms with Gasteiger partial charge in [0.05, 0.1) is 0 Å². The Labute approximate surface area is 136 Å². The predicted molar refractivity (Wildman–Crippen MR) is 82.8 cm³/mol. The first-order valence-electron chi connectivity index (χ1n) is 4.41. The van der Waals surface area contributed by atoms with E-state index in [1.165, 1.54) is 11.1 Å². The monoisotopic (exact) mass is 365 g/mol. The summed E-state index contributed by atoms with van der Waals surface area (Å²) in [6, 6.07) is 0. The van der Waals surface area contributed by atoms with Crippen molar-refractivity contribution in [3.8, 4) is 0 Å². The number of allylic oxidation sites excluding steroid dienone is 8. The zero-order valence-electron chi connectivity index (χ0n) is 10.5. The van der Waals surface area contributed by atoms with Crippen LogP contribution in [0.1, 0.15) is 19.3 Å². The fourth-order valence-corrected chi connectivity index (χ4v) is 1.44. The molecule has 0 aromatic carbocycles. The Balaban J connectivity index is -0.000000134. The van der Waals surface area contributed by atoms with E-state index in [0.717, 1.165) is 19.3 Å². The molecule has 2 aliphatic rings. The molecular weight excluding hydrogens is 346 g/mol. The van der Waals surface area contributed by atoms with E-state index in [0.29, 0.717) is 0 Å². The van der Waals surface area contributed by atoms with Gasteiger partial charge in [0.25, 0.3) is 0 Å². The average Bonchev–Trinajstić information content (AvgIpc) is 2.81. The van der Waals surface area contributed by atoms with E-state index in [4.69, 9.17) is 0 Å². The van der Waals surface area contributed by atoms with E-state index in [1.807, 2.05) is 6.88 Å². The van der Waals surface area contributed by atoms with Crippen molar-refractivity contribution in [3.05, 3.63) is 62.5 Å². The van der Waals surface area contributed by atoms with Crippen LogP contribution in [0.5, 0.6) is 0 Å². The molecule has 2 rings (SSSR count). The van der Waals surface area contributed by atoms with Crippen LogP contribution in [0.3, 0.4) is 0 Å². The molecule has 0 saturated heterocycles. The summed E-state index contributed by atoms with van der Waals surface area (Å²) in [4.78, 5) is 0. The quantitative estimate of drug-likeness (QED) is 0.515. The second kappa shape index (κ2) is 16.6. The van der Waals surface area contributed by atoms with Crippen molar-refractivity contribution in [1.82, 2.24) is 0 Å². The molecule has 0 N–H and O–H groups in total. The maximum absolute atomic E-state index is 3.32. The van der Waals surface area contributed by atoms with Crippen molar-refractivity contribution in [2.24, 2.45) is 0 Å². The number of hydrogen-bond acceptors (Lipinski definition) is 0. The van der Waals surface area contributed by atoms with E-state index in [-0.39, 0.29) is 39.7 Å². The van der Waals surface area contributed by atoms with E-state index in [2.05, 4.69) is 36.5 Å². The van der Waals surface area contributed by atoms with Crippen LogP contribution in [0.4, 0.5) is 0 Å². The van der Waals surface area contributed by atoms with E-state index in [1.54, 1.807) is 23.3 Å². The summed E-state index contributed by atoms with van der Waals surface area (Å²) in [6.45, 7) is 1.95. The van der Waals surface area contributed by atoms with Gasteiger partial charge in [0.15, 0.2) is 0 Å². The van der Waals surface area contributed by atoms with Crippen molar-refractivity contribution in [2.75, 3.05) is 0 Å². The normalized spacial score (nSPS) is 13.6. The van der Waals surface area contributed by atoms with Crippen LogP contribution in [0.25, 0.3) is 0 Å². The molecule has 0 aromatic rings. The third-order valence-corrected chi connectivity index (χ3v) is 2.03. The summed E-state index contributed by atoms with van der Waals surface area (Å²) < 4.78 is 0. The van der Waals surface area contributed by atoms with Gasteiger partial charge in [0.1, 0.15) is 0 Å². The Morgan fingerprint density at radius 2 is 1.82 bits per heavy atom. The van der Waals surface area contributed by atoms with Gasteiger partial charge in [-0.15, -0.1) is 31.2 Å². The minimum atomic E-state index is 0. The first kappa shape index (κ1) is 26.3. The van der Waals surface area contributed by atoms with Gasteiger partial charge in [-0.25, -0.2) is 11.6 Å². The molecular formula is C13H21Cl2SiZr-3. The molecule has 0 heterocycles. The van der Waals surface area contributed by atoms with Crippen LogP contribution in [-0.4, -0.2) is 6.88 Å². The van der Waals surface area contributed by atoms with Crippen LogP contribution < -0.4 is 0 Å². The molecule has 0 saturated carbocycles. The van der Waals surface area contributed by atoms with Crippen LogP contribution in [0.2, 0.25) is 0 Å². The SMILES string of the molecule is Cl.Cl.[C-]1=C(CC2=CC=CC2)C=CC1.[CH3-].[CH3-].[SiH2]=[Zr]. The van der Waals surface area contributed by atoms with Crippen LogP contribution in [-0.2, 0) is 23.3 Å². The molecule has 0 amide bonds. The van der Waals surface area contributed by atoms with E-state index >= 15 is 0 Å². The van der Waals surface area contributed by atoms with E-state index < -0.39 is 0 Å². The average molecular weight is 368 g/mol. The number of rotatable bonds is 2. The zero-order chi connectivity index (χ0) is 9.52. The molecule has 4 heteroatoms. The van der Waals surface area contributed by atoms with Crippen molar-refractivity contribution in [3.63, 3.8) is 0 Å². The van der Waals surface area contributed by atoms with Crippen LogP contribution in [0.15, 0.2) is 41.5 Å². The maximum atomic E-state index is 3.32. The molecule has 0 aliphatic heterocycles. The van der Waals surface area contributed by atoms with Gasteiger partial charge in [0, 0.05) is 0 Å². The molecule has 0 nitrogen and oxygen atoms in total. The van der Waals surface area contributed by atoms with Gasteiger partial charge in [0.2, 0.25) is 0 Å². The topological polar surface area (TPSA) is 0 Å². The Bertz CT molecular complexity index is 294. The summed E-state index contributed by atoms with van der Waals surface area (Å²) in [6.07, 6.45) is 17.5. The molecule has 0 atom stereocenters. The fourth-order valence-electron chi connectivity index (χ4n) is 1.44.